The molecule has 0 aliphatic carbocycles. The number of H-pyrrole nitrogens is 2. The van der Waals surface area contributed by atoms with Gasteiger partial charge in [-0.3, -0.25) is 19.2 Å². The van der Waals surface area contributed by atoms with Crippen LogP contribution in [0.25, 0.3) is 22.1 Å². The Bertz CT molecular complexity index is 2740. The first-order chi connectivity index (χ1) is 31.2. The number of methoxy groups -OCH3 is 1. The molecule has 0 spiro atoms. The number of aromatic nitrogens is 4. The maximum atomic E-state index is 14.0. The van der Waals surface area contributed by atoms with E-state index in [1.165, 1.54) is 24.0 Å². The fourth-order valence-electron chi connectivity index (χ4n) is 8.89. The summed E-state index contributed by atoms with van der Waals surface area (Å²) in [7, 11) is 2.61. The third-order valence-electron chi connectivity index (χ3n) is 12.0. The van der Waals surface area contributed by atoms with Gasteiger partial charge in [-0.25, -0.2) is 19.8 Å². The third kappa shape index (κ3) is 8.22. The van der Waals surface area contributed by atoms with Crippen LogP contribution in [0, 0.1) is 0 Å². The van der Waals surface area contributed by atoms with Crippen molar-refractivity contribution in [1.29, 1.82) is 0 Å². The molecular formula is C46H46N10O8. The molecule has 2 aromatic heterocycles. The fourth-order valence-corrected chi connectivity index (χ4v) is 8.89. The van der Waals surface area contributed by atoms with E-state index < -0.39 is 18.2 Å². The lowest BCUT2D eigenvalue weighted by molar-refractivity contribution is -0.188. The summed E-state index contributed by atoms with van der Waals surface area (Å²) in [6.07, 6.45) is 3.29. The van der Waals surface area contributed by atoms with Crippen molar-refractivity contribution in [2.75, 3.05) is 50.2 Å². The number of benzene rings is 4. The van der Waals surface area contributed by atoms with Crippen LogP contribution in [0.1, 0.15) is 72.6 Å². The first-order valence-corrected chi connectivity index (χ1v) is 21.1. The van der Waals surface area contributed by atoms with Crippen LogP contribution in [-0.4, -0.2) is 106 Å². The quantitative estimate of drug-likeness (QED) is 0.0601. The first kappa shape index (κ1) is 41.7. The highest BCUT2D eigenvalue weighted by Crippen LogP contribution is 2.37. The molecule has 0 saturated carbocycles. The maximum absolute atomic E-state index is 14.0. The monoisotopic (exact) mass is 866 g/mol. The number of carbonyl (C=O) groups is 5. The van der Waals surface area contributed by atoms with Gasteiger partial charge in [0.1, 0.15) is 30.8 Å². The molecule has 18 nitrogen and oxygen atoms in total. The van der Waals surface area contributed by atoms with Gasteiger partial charge < -0.3 is 44.5 Å². The van der Waals surface area contributed by atoms with E-state index in [0.717, 1.165) is 24.8 Å². The number of hydrogen-bond acceptors (Lipinski definition) is 11. The van der Waals surface area contributed by atoms with E-state index in [0.29, 0.717) is 76.6 Å². The van der Waals surface area contributed by atoms with Gasteiger partial charge in [0.25, 0.3) is 11.8 Å². The van der Waals surface area contributed by atoms with E-state index in [1.54, 1.807) is 58.3 Å². The molecule has 3 saturated heterocycles. The standard InChI is InChI=1S/C46H46N10O8/c1-62-46(61)52-41(29-13-7-4-8-14-29)45(60)54-22-10-16-37(54)43-49-33-20-18-31(24-35(33)51-43)56-26-38(57)55(25-39(56)58)30-17-19-32-34(23-30)50-42(48-32)36-15-9-21-53(36)44(59)40(47-27-64-63-2)28-11-5-3-6-12-28/h3-8,11-14,17-20,23-24,27,36-37,40-41H,9-10,15-16,21-22,25-26H2,1-2H3,(H,48,50)(H,49,51)(H,52,61)/b47-27+/t36-,37-,40+,41-/m0/s1. The number of piperazine rings is 1. The predicted octanol–water partition coefficient (Wildman–Crippen LogP) is 5.59. The molecule has 9 rings (SSSR count). The summed E-state index contributed by atoms with van der Waals surface area (Å²) in [5, 5.41) is 2.68. The molecule has 3 aliphatic rings. The Labute approximate surface area is 367 Å². The van der Waals surface area contributed by atoms with Crippen molar-refractivity contribution in [3.8, 4) is 0 Å². The second kappa shape index (κ2) is 18.0. The SMILES string of the molecule is COO/C=N/[C@@H](C(=O)N1CCC[C@H]1c1nc2cc(N3CC(=O)N(c4ccc5[nH]c([C@@H]6CCCN6C(=O)[C@@H](NC(=O)OC)c6ccccc6)nc5c4)CC3=O)ccc2[nH]1)c1ccccc1. The summed E-state index contributed by atoms with van der Waals surface area (Å²) in [5.41, 5.74) is 5.00. The molecule has 18 heteroatoms. The molecule has 0 bridgehead atoms. The van der Waals surface area contributed by atoms with Crippen molar-refractivity contribution in [3.05, 3.63) is 120 Å². The molecule has 0 unspecified atom stereocenters. The van der Waals surface area contributed by atoms with E-state index >= 15 is 0 Å². The van der Waals surface area contributed by atoms with E-state index in [9.17, 15) is 24.0 Å². The highest BCUT2D eigenvalue weighted by molar-refractivity contribution is 6.13. The molecule has 6 aromatic rings. The zero-order valence-corrected chi connectivity index (χ0v) is 35.2. The van der Waals surface area contributed by atoms with Crippen LogP contribution in [0.4, 0.5) is 16.2 Å². The summed E-state index contributed by atoms with van der Waals surface area (Å²) in [6, 6.07) is 26.5. The Hall–Kier alpha value is -7.60. The van der Waals surface area contributed by atoms with Gasteiger partial charge >= 0.3 is 6.09 Å². The number of likely N-dealkylation sites (tertiary alicyclic amines) is 2. The zero-order chi connectivity index (χ0) is 44.3. The molecule has 0 radical (unpaired) electrons. The lowest BCUT2D eigenvalue weighted by Gasteiger charge is -2.33. The molecule has 3 fully saturated rings. The number of anilines is 2. The number of rotatable bonds is 12. The second-order valence-corrected chi connectivity index (χ2v) is 15.8. The molecule has 64 heavy (non-hydrogen) atoms. The van der Waals surface area contributed by atoms with Crippen molar-refractivity contribution >= 4 is 69.6 Å². The molecule has 3 N–H and O–H groups in total. The first-order valence-electron chi connectivity index (χ1n) is 21.1. The van der Waals surface area contributed by atoms with Gasteiger partial charge in [-0.1, -0.05) is 60.7 Å². The largest absolute Gasteiger partial charge is 0.453 e. The summed E-state index contributed by atoms with van der Waals surface area (Å²) >= 11 is 0. The number of amides is 5. The van der Waals surface area contributed by atoms with Gasteiger partial charge in [0.05, 0.1) is 48.4 Å². The topological polar surface area (TPSA) is 208 Å². The van der Waals surface area contributed by atoms with Crippen molar-refractivity contribution in [3.63, 3.8) is 0 Å². The van der Waals surface area contributed by atoms with Crippen LogP contribution < -0.4 is 15.1 Å². The van der Waals surface area contributed by atoms with E-state index in [-0.39, 0.29) is 48.8 Å². The van der Waals surface area contributed by atoms with Crippen molar-refractivity contribution in [1.82, 2.24) is 35.1 Å². The normalized spacial score (nSPS) is 18.9. The Morgan fingerprint density at radius 3 is 1.75 bits per heavy atom. The Morgan fingerprint density at radius 1 is 0.719 bits per heavy atom. The molecule has 5 heterocycles. The predicted molar refractivity (Wildman–Crippen MR) is 235 cm³/mol. The van der Waals surface area contributed by atoms with Crippen molar-refractivity contribution in [2.45, 2.75) is 49.9 Å². The van der Waals surface area contributed by atoms with Crippen LogP contribution in [-0.2, 0) is 33.7 Å². The lowest BCUT2D eigenvalue weighted by Crippen LogP contribution is -2.54. The summed E-state index contributed by atoms with van der Waals surface area (Å²) in [4.78, 5) is 105. The highest BCUT2D eigenvalue weighted by Gasteiger charge is 2.39. The number of carbonyl (C=O) groups excluding carboxylic acids is 5. The molecular weight excluding hydrogens is 821 g/mol. The van der Waals surface area contributed by atoms with Crippen molar-refractivity contribution < 1.29 is 38.5 Å². The molecule has 5 amide bonds. The maximum Gasteiger partial charge on any atom is 0.407 e. The van der Waals surface area contributed by atoms with Crippen LogP contribution in [0.15, 0.2) is 102 Å². The number of aromatic amines is 2. The van der Waals surface area contributed by atoms with Gasteiger partial charge in [0.15, 0.2) is 6.04 Å². The number of imidazole rings is 2. The zero-order valence-electron chi connectivity index (χ0n) is 35.2. The average Bonchev–Trinajstić information content (AvgIpc) is 4.16. The average molecular weight is 867 g/mol. The molecule has 3 aliphatic heterocycles. The number of nitrogens with zero attached hydrogens (tertiary/aromatic N) is 7. The van der Waals surface area contributed by atoms with Gasteiger partial charge in [-0.05, 0) is 73.2 Å². The second-order valence-electron chi connectivity index (χ2n) is 15.8. The van der Waals surface area contributed by atoms with Crippen LogP contribution in [0.5, 0.6) is 0 Å². The van der Waals surface area contributed by atoms with Gasteiger partial charge in [0, 0.05) is 24.5 Å². The number of nitrogens with one attached hydrogen (secondary N) is 3. The molecule has 4 atom stereocenters. The van der Waals surface area contributed by atoms with Crippen LogP contribution in [0.3, 0.4) is 0 Å². The summed E-state index contributed by atoms with van der Waals surface area (Å²) in [6.45, 7) is 0.625. The number of fused-ring (bicyclic) bond motifs is 2. The van der Waals surface area contributed by atoms with E-state index in [1.807, 2.05) is 48.5 Å². The molecule has 328 valence electrons. The smallest absolute Gasteiger partial charge is 0.407 e. The number of alkyl carbamates (subject to hydrolysis) is 1. The number of aliphatic imine (C=N–C) groups is 1. The van der Waals surface area contributed by atoms with E-state index in [4.69, 9.17) is 19.6 Å². The van der Waals surface area contributed by atoms with Gasteiger partial charge in [-0.2, -0.15) is 4.89 Å². The number of hydrogen-bond donors (Lipinski definition) is 3. The minimum absolute atomic E-state index is 0.189. The third-order valence-corrected chi connectivity index (χ3v) is 12.0. The van der Waals surface area contributed by atoms with Gasteiger partial charge in [0.2, 0.25) is 18.2 Å². The summed E-state index contributed by atoms with van der Waals surface area (Å²) in [5.74, 6) is 0.166. The summed E-state index contributed by atoms with van der Waals surface area (Å²) < 4.78 is 4.82. The Kier molecular flexibility index (Phi) is 11.7. The van der Waals surface area contributed by atoms with Crippen LogP contribution in [0.2, 0.25) is 0 Å². The molecule has 4 aromatic carbocycles. The Morgan fingerprint density at radius 2 is 1.23 bits per heavy atom. The Balaban J connectivity index is 0.893. The van der Waals surface area contributed by atoms with Crippen LogP contribution >= 0.6 is 0 Å². The fraction of sp³-hybridized carbons (Fsp3) is 0.304. The van der Waals surface area contributed by atoms with Crippen molar-refractivity contribution in [2.24, 2.45) is 4.99 Å². The number of ether oxygens (including phenoxy) is 1. The van der Waals surface area contributed by atoms with Gasteiger partial charge in [-0.15, -0.1) is 0 Å². The lowest BCUT2D eigenvalue weighted by atomic mass is 10.1. The minimum atomic E-state index is -0.950. The van der Waals surface area contributed by atoms with E-state index in [2.05, 4.69) is 25.2 Å². The highest BCUT2D eigenvalue weighted by atomic mass is 17.2. The minimum Gasteiger partial charge on any atom is -0.453 e.